The lowest BCUT2D eigenvalue weighted by molar-refractivity contribution is -0.130. The summed E-state index contributed by atoms with van der Waals surface area (Å²) < 4.78 is 1.38. The van der Waals surface area contributed by atoms with Crippen LogP contribution in [0.2, 0.25) is 0 Å². The minimum absolute atomic E-state index is 0.0357. The molecular formula is C15H18N4O2. The molecule has 1 amide bonds. The van der Waals surface area contributed by atoms with Crippen LogP contribution in [0.4, 0.5) is 0 Å². The molecule has 1 aromatic heterocycles. The number of fused-ring (bicyclic) bond motifs is 1. The van der Waals surface area contributed by atoms with Crippen molar-refractivity contribution in [2.75, 3.05) is 19.6 Å². The quantitative estimate of drug-likeness (QED) is 0.874. The molecule has 2 heterocycles. The minimum Gasteiger partial charge on any atom is -0.341 e. The monoisotopic (exact) mass is 286 g/mol. The molecule has 2 aromatic rings. The molecule has 0 radical (unpaired) electrons. The zero-order chi connectivity index (χ0) is 14.8. The highest BCUT2D eigenvalue weighted by atomic mass is 16.2. The molecule has 21 heavy (non-hydrogen) atoms. The Balaban J connectivity index is 1.81. The number of rotatable bonds is 3. The maximum atomic E-state index is 12.3. The molecule has 0 saturated carbocycles. The van der Waals surface area contributed by atoms with Crippen molar-refractivity contribution in [3.8, 4) is 0 Å². The fourth-order valence-corrected chi connectivity index (χ4v) is 2.72. The van der Waals surface area contributed by atoms with E-state index < -0.39 is 0 Å². The van der Waals surface area contributed by atoms with E-state index in [0.29, 0.717) is 29.9 Å². The SMILES string of the molecule is NCC1CCN(C(=O)Cn2cnc3ccccc3c2=O)C1. The first kappa shape index (κ1) is 13.8. The van der Waals surface area contributed by atoms with E-state index in [-0.39, 0.29) is 18.0 Å². The Bertz CT molecular complexity index is 725. The summed E-state index contributed by atoms with van der Waals surface area (Å²) in [6.45, 7) is 2.04. The third-order valence-electron chi connectivity index (χ3n) is 4.01. The molecule has 0 spiro atoms. The van der Waals surface area contributed by atoms with Crippen LogP contribution in [0, 0.1) is 5.92 Å². The topological polar surface area (TPSA) is 81.2 Å². The van der Waals surface area contributed by atoms with Crippen molar-refractivity contribution in [3.63, 3.8) is 0 Å². The van der Waals surface area contributed by atoms with E-state index in [2.05, 4.69) is 4.98 Å². The number of carbonyl (C=O) groups excluding carboxylic acids is 1. The highest BCUT2D eigenvalue weighted by Crippen LogP contribution is 2.15. The standard InChI is InChI=1S/C15H18N4O2/c16-7-11-5-6-18(8-11)14(20)9-19-10-17-13-4-2-1-3-12(13)15(19)21/h1-4,10-11H,5-9,16H2. The summed E-state index contributed by atoms with van der Waals surface area (Å²) in [7, 11) is 0. The molecule has 1 aliphatic rings. The molecule has 0 aliphatic carbocycles. The second-order valence-corrected chi connectivity index (χ2v) is 5.42. The number of likely N-dealkylation sites (tertiary alicyclic amines) is 1. The molecule has 1 fully saturated rings. The van der Waals surface area contributed by atoms with Crippen molar-refractivity contribution in [1.82, 2.24) is 14.5 Å². The predicted octanol–water partition coefficient (Wildman–Crippen LogP) is 0.204. The summed E-state index contributed by atoms with van der Waals surface area (Å²) in [5.41, 5.74) is 6.10. The Kier molecular flexibility index (Phi) is 3.70. The van der Waals surface area contributed by atoms with Gasteiger partial charge >= 0.3 is 0 Å². The largest absolute Gasteiger partial charge is 0.341 e. The van der Waals surface area contributed by atoms with Crippen LogP contribution < -0.4 is 11.3 Å². The molecule has 6 heteroatoms. The van der Waals surface area contributed by atoms with E-state index in [9.17, 15) is 9.59 Å². The maximum Gasteiger partial charge on any atom is 0.261 e. The molecule has 1 saturated heterocycles. The molecule has 1 aliphatic heterocycles. The first-order chi connectivity index (χ1) is 10.2. The van der Waals surface area contributed by atoms with Crippen LogP contribution in [0.3, 0.4) is 0 Å². The van der Waals surface area contributed by atoms with Gasteiger partial charge in [-0.3, -0.25) is 14.2 Å². The lowest BCUT2D eigenvalue weighted by atomic mass is 10.1. The number of hydrogen-bond acceptors (Lipinski definition) is 4. The number of nitrogens with zero attached hydrogens (tertiary/aromatic N) is 3. The Morgan fingerprint density at radius 3 is 2.95 bits per heavy atom. The van der Waals surface area contributed by atoms with Gasteiger partial charge in [0, 0.05) is 13.1 Å². The number of nitrogens with two attached hydrogens (primary N) is 1. The van der Waals surface area contributed by atoms with Crippen molar-refractivity contribution in [1.29, 1.82) is 0 Å². The molecule has 110 valence electrons. The molecule has 2 N–H and O–H groups in total. The Morgan fingerprint density at radius 2 is 2.19 bits per heavy atom. The van der Waals surface area contributed by atoms with E-state index in [0.717, 1.165) is 13.0 Å². The summed E-state index contributed by atoms with van der Waals surface area (Å²) in [6, 6.07) is 7.15. The van der Waals surface area contributed by atoms with Crippen molar-refractivity contribution < 1.29 is 4.79 Å². The van der Waals surface area contributed by atoms with Crippen LogP contribution in [0.15, 0.2) is 35.4 Å². The summed E-state index contributed by atoms with van der Waals surface area (Å²) in [6.07, 6.45) is 2.38. The number of benzene rings is 1. The van der Waals surface area contributed by atoms with Gasteiger partial charge in [0.1, 0.15) is 6.54 Å². The summed E-state index contributed by atoms with van der Waals surface area (Å²) in [5, 5.41) is 0.536. The third-order valence-corrected chi connectivity index (χ3v) is 4.01. The average molecular weight is 286 g/mol. The van der Waals surface area contributed by atoms with Gasteiger partial charge in [-0.2, -0.15) is 0 Å². The molecule has 1 unspecified atom stereocenters. The van der Waals surface area contributed by atoms with E-state index >= 15 is 0 Å². The smallest absolute Gasteiger partial charge is 0.261 e. The van der Waals surface area contributed by atoms with Gasteiger partial charge in [0.2, 0.25) is 5.91 Å². The number of hydrogen-bond donors (Lipinski definition) is 1. The molecule has 6 nitrogen and oxygen atoms in total. The Hall–Kier alpha value is -2.21. The second-order valence-electron chi connectivity index (χ2n) is 5.42. The molecule has 1 aromatic carbocycles. The van der Waals surface area contributed by atoms with Gasteiger partial charge < -0.3 is 10.6 Å². The Labute approximate surface area is 122 Å². The highest BCUT2D eigenvalue weighted by molar-refractivity contribution is 5.79. The van der Waals surface area contributed by atoms with E-state index in [1.165, 1.54) is 10.9 Å². The minimum atomic E-state index is -0.177. The lowest BCUT2D eigenvalue weighted by Crippen LogP contribution is -2.35. The van der Waals surface area contributed by atoms with Crippen LogP contribution in [0.1, 0.15) is 6.42 Å². The van der Waals surface area contributed by atoms with Gasteiger partial charge in [0.15, 0.2) is 0 Å². The van der Waals surface area contributed by atoms with E-state index in [1.807, 2.05) is 6.07 Å². The van der Waals surface area contributed by atoms with Crippen molar-refractivity contribution in [2.45, 2.75) is 13.0 Å². The second kappa shape index (κ2) is 5.65. The van der Waals surface area contributed by atoms with Gasteiger partial charge in [-0.05, 0) is 31.0 Å². The number of amides is 1. The van der Waals surface area contributed by atoms with Gasteiger partial charge in [0.25, 0.3) is 5.56 Å². The summed E-state index contributed by atoms with van der Waals surface area (Å²) >= 11 is 0. The first-order valence-electron chi connectivity index (χ1n) is 7.11. The summed E-state index contributed by atoms with van der Waals surface area (Å²) in [5.74, 6) is 0.325. The molecule has 0 bridgehead atoms. The van der Waals surface area contributed by atoms with Crippen molar-refractivity contribution >= 4 is 16.8 Å². The molecule has 1 atom stereocenters. The van der Waals surface area contributed by atoms with Gasteiger partial charge in [-0.25, -0.2) is 4.98 Å². The van der Waals surface area contributed by atoms with Crippen molar-refractivity contribution in [3.05, 3.63) is 40.9 Å². The third kappa shape index (κ3) is 2.67. The van der Waals surface area contributed by atoms with Crippen LogP contribution in [0.25, 0.3) is 10.9 Å². The zero-order valence-electron chi connectivity index (χ0n) is 11.7. The number of aromatic nitrogens is 2. The predicted molar refractivity (Wildman–Crippen MR) is 79.7 cm³/mol. The fraction of sp³-hybridized carbons (Fsp3) is 0.400. The number of carbonyl (C=O) groups is 1. The normalized spacial score (nSPS) is 18.3. The lowest BCUT2D eigenvalue weighted by Gasteiger charge is -2.17. The first-order valence-corrected chi connectivity index (χ1v) is 7.11. The van der Waals surface area contributed by atoms with Crippen molar-refractivity contribution in [2.24, 2.45) is 11.7 Å². The molecular weight excluding hydrogens is 268 g/mol. The molecule has 3 rings (SSSR count). The van der Waals surface area contributed by atoms with Gasteiger partial charge in [0.05, 0.1) is 17.2 Å². The van der Waals surface area contributed by atoms with Crippen LogP contribution in [-0.4, -0.2) is 40.0 Å². The van der Waals surface area contributed by atoms with Gasteiger partial charge in [-0.15, -0.1) is 0 Å². The van der Waals surface area contributed by atoms with Crippen LogP contribution >= 0.6 is 0 Å². The Morgan fingerprint density at radius 1 is 1.38 bits per heavy atom. The zero-order valence-corrected chi connectivity index (χ0v) is 11.7. The number of para-hydroxylation sites is 1. The van der Waals surface area contributed by atoms with Gasteiger partial charge in [-0.1, -0.05) is 12.1 Å². The summed E-state index contributed by atoms with van der Waals surface area (Å²) in [4.78, 5) is 30.6. The van der Waals surface area contributed by atoms with E-state index in [1.54, 1.807) is 23.1 Å². The maximum absolute atomic E-state index is 12.3. The highest BCUT2D eigenvalue weighted by Gasteiger charge is 2.25. The van der Waals surface area contributed by atoms with Crippen LogP contribution in [-0.2, 0) is 11.3 Å². The van der Waals surface area contributed by atoms with Crippen LogP contribution in [0.5, 0.6) is 0 Å². The average Bonchev–Trinajstić information content (AvgIpc) is 2.99. The fourth-order valence-electron chi connectivity index (χ4n) is 2.72. The van der Waals surface area contributed by atoms with E-state index in [4.69, 9.17) is 5.73 Å².